The molecule has 2 rings (SSSR count). The van der Waals surface area contributed by atoms with Crippen LogP contribution >= 0.6 is 0 Å². The molecule has 0 aliphatic carbocycles. The summed E-state index contributed by atoms with van der Waals surface area (Å²) in [6.45, 7) is 3.53. The monoisotopic (exact) mass is 299 g/mol. The van der Waals surface area contributed by atoms with Gasteiger partial charge in [0, 0.05) is 18.2 Å². The average Bonchev–Trinajstić information content (AvgIpc) is 2.41. The van der Waals surface area contributed by atoms with Gasteiger partial charge in [-0.15, -0.1) is 0 Å². The molecule has 20 heavy (non-hydrogen) atoms. The number of hydrogen-bond donors (Lipinski definition) is 2. The van der Waals surface area contributed by atoms with E-state index in [1.807, 2.05) is 6.92 Å². The second-order valence-corrected chi connectivity index (χ2v) is 6.66. The molecule has 0 saturated carbocycles. The number of rotatable bonds is 4. The maximum atomic E-state index is 12.2. The third kappa shape index (κ3) is 3.33. The molecule has 0 bridgehead atoms. The molecule has 2 N–H and O–H groups in total. The quantitative estimate of drug-likeness (QED) is 0.634. The number of benzene rings is 1. The Hall–Kier alpha value is -1.51. The van der Waals surface area contributed by atoms with Crippen LogP contribution in [0.1, 0.15) is 13.3 Å². The Bertz CT molecular complexity index is 585. The van der Waals surface area contributed by atoms with Gasteiger partial charge < -0.3 is 5.32 Å². The highest BCUT2D eigenvalue weighted by Crippen LogP contribution is 2.18. The first-order valence-electron chi connectivity index (χ1n) is 6.37. The molecule has 1 fully saturated rings. The molecule has 8 heteroatoms. The fraction of sp³-hybridized carbons (Fsp3) is 0.500. The molecule has 2 atom stereocenters. The summed E-state index contributed by atoms with van der Waals surface area (Å²) in [7, 11) is -3.64. The molecular weight excluding hydrogens is 282 g/mol. The van der Waals surface area contributed by atoms with Crippen LogP contribution in [0.15, 0.2) is 29.2 Å². The first-order chi connectivity index (χ1) is 9.40. The van der Waals surface area contributed by atoms with Crippen molar-refractivity contribution in [3.05, 3.63) is 34.4 Å². The van der Waals surface area contributed by atoms with Crippen LogP contribution in [0.4, 0.5) is 5.69 Å². The van der Waals surface area contributed by atoms with E-state index >= 15 is 0 Å². The molecule has 1 aromatic carbocycles. The van der Waals surface area contributed by atoms with E-state index in [4.69, 9.17) is 0 Å². The van der Waals surface area contributed by atoms with Gasteiger partial charge in [-0.1, -0.05) is 6.92 Å². The smallest absolute Gasteiger partial charge is 0.269 e. The maximum absolute atomic E-state index is 12.2. The molecule has 1 aliphatic heterocycles. The van der Waals surface area contributed by atoms with Crippen molar-refractivity contribution in [2.75, 3.05) is 13.1 Å². The summed E-state index contributed by atoms with van der Waals surface area (Å²) in [6, 6.07) is 4.79. The van der Waals surface area contributed by atoms with Gasteiger partial charge in [0.05, 0.1) is 9.82 Å². The van der Waals surface area contributed by atoms with E-state index in [1.165, 1.54) is 24.3 Å². The number of hydrogen-bond acceptors (Lipinski definition) is 5. The highest BCUT2D eigenvalue weighted by Gasteiger charge is 2.26. The lowest BCUT2D eigenvalue weighted by molar-refractivity contribution is -0.384. The molecule has 1 aliphatic rings. The fourth-order valence-electron chi connectivity index (χ4n) is 2.20. The summed E-state index contributed by atoms with van der Waals surface area (Å²) in [5.41, 5.74) is -0.126. The van der Waals surface area contributed by atoms with Crippen molar-refractivity contribution in [2.45, 2.75) is 24.3 Å². The summed E-state index contributed by atoms with van der Waals surface area (Å²) in [4.78, 5) is 10.0. The molecule has 0 radical (unpaired) electrons. The van der Waals surface area contributed by atoms with Crippen molar-refractivity contribution < 1.29 is 13.3 Å². The van der Waals surface area contributed by atoms with Gasteiger partial charge in [0.25, 0.3) is 5.69 Å². The minimum atomic E-state index is -3.64. The molecular formula is C12H17N3O4S. The molecule has 7 nitrogen and oxygen atoms in total. The van der Waals surface area contributed by atoms with E-state index in [1.54, 1.807) is 0 Å². The Kier molecular flexibility index (Phi) is 4.36. The number of nitro benzene ring substituents is 1. The van der Waals surface area contributed by atoms with Gasteiger partial charge in [-0.2, -0.15) is 0 Å². The van der Waals surface area contributed by atoms with E-state index in [0.29, 0.717) is 0 Å². The van der Waals surface area contributed by atoms with Crippen LogP contribution in [0, 0.1) is 16.0 Å². The zero-order chi connectivity index (χ0) is 14.8. The summed E-state index contributed by atoms with van der Waals surface area (Å²) in [5, 5.41) is 13.8. The van der Waals surface area contributed by atoms with E-state index in [2.05, 4.69) is 10.0 Å². The van der Waals surface area contributed by atoms with Gasteiger partial charge in [-0.05, 0) is 37.6 Å². The van der Waals surface area contributed by atoms with Gasteiger partial charge in [-0.3, -0.25) is 10.1 Å². The molecule has 1 heterocycles. The second kappa shape index (κ2) is 5.86. The zero-order valence-electron chi connectivity index (χ0n) is 11.1. The number of non-ortho nitro benzene ring substituents is 1. The van der Waals surface area contributed by atoms with E-state index < -0.39 is 14.9 Å². The second-order valence-electron chi connectivity index (χ2n) is 4.95. The lowest BCUT2D eigenvalue weighted by Gasteiger charge is -2.29. The highest BCUT2D eigenvalue weighted by molar-refractivity contribution is 7.89. The Balaban J connectivity index is 2.15. The molecule has 1 saturated heterocycles. The van der Waals surface area contributed by atoms with Crippen molar-refractivity contribution >= 4 is 15.7 Å². The molecule has 0 spiro atoms. The van der Waals surface area contributed by atoms with Crippen molar-refractivity contribution in [3.8, 4) is 0 Å². The molecule has 2 unspecified atom stereocenters. The van der Waals surface area contributed by atoms with Crippen LogP contribution in [0.3, 0.4) is 0 Å². The van der Waals surface area contributed by atoms with Crippen molar-refractivity contribution in [1.29, 1.82) is 0 Å². The molecule has 110 valence electrons. The molecule has 0 amide bonds. The maximum Gasteiger partial charge on any atom is 0.269 e. The minimum Gasteiger partial charge on any atom is -0.316 e. The van der Waals surface area contributed by atoms with Gasteiger partial charge >= 0.3 is 0 Å². The third-order valence-electron chi connectivity index (χ3n) is 3.45. The van der Waals surface area contributed by atoms with Gasteiger partial charge in [0.2, 0.25) is 10.0 Å². The van der Waals surface area contributed by atoms with Crippen LogP contribution in [-0.2, 0) is 10.0 Å². The summed E-state index contributed by atoms with van der Waals surface area (Å²) in [5.74, 6) is 0.205. The number of nitrogens with one attached hydrogen (secondary N) is 2. The Morgan fingerprint density at radius 2 is 2.00 bits per heavy atom. The van der Waals surface area contributed by atoms with Crippen molar-refractivity contribution in [1.82, 2.24) is 10.0 Å². The largest absolute Gasteiger partial charge is 0.316 e. The van der Waals surface area contributed by atoms with Crippen LogP contribution in [-0.4, -0.2) is 32.5 Å². The van der Waals surface area contributed by atoms with Gasteiger partial charge in [0.1, 0.15) is 0 Å². The lowest BCUT2D eigenvalue weighted by atomic mass is 9.97. The molecule has 0 aromatic heterocycles. The topological polar surface area (TPSA) is 101 Å². The minimum absolute atomic E-state index is 0.0498. The Labute approximate surface area is 117 Å². The average molecular weight is 299 g/mol. The lowest BCUT2D eigenvalue weighted by Crippen LogP contribution is -2.48. The van der Waals surface area contributed by atoms with E-state index in [-0.39, 0.29) is 22.5 Å². The SMILES string of the molecule is CC1CNCCC1NS(=O)(=O)c1ccc([N+](=O)[O-])cc1. The van der Waals surface area contributed by atoms with Crippen LogP contribution in [0.5, 0.6) is 0 Å². The Morgan fingerprint density at radius 3 is 2.55 bits per heavy atom. The van der Waals surface area contributed by atoms with Crippen molar-refractivity contribution in [2.24, 2.45) is 5.92 Å². The summed E-state index contributed by atoms with van der Waals surface area (Å²) < 4.78 is 27.1. The predicted molar refractivity (Wildman–Crippen MR) is 73.9 cm³/mol. The van der Waals surface area contributed by atoms with Crippen LogP contribution in [0.25, 0.3) is 0 Å². The van der Waals surface area contributed by atoms with Gasteiger partial charge in [-0.25, -0.2) is 13.1 Å². The van der Waals surface area contributed by atoms with E-state index in [9.17, 15) is 18.5 Å². The highest BCUT2D eigenvalue weighted by atomic mass is 32.2. The van der Waals surface area contributed by atoms with Gasteiger partial charge in [0.15, 0.2) is 0 Å². The van der Waals surface area contributed by atoms with Crippen LogP contribution < -0.4 is 10.0 Å². The molecule has 1 aromatic rings. The van der Waals surface area contributed by atoms with Crippen LogP contribution in [0.2, 0.25) is 0 Å². The predicted octanol–water partition coefficient (Wildman–Crippen LogP) is 0.871. The van der Waals surface area contributed by atoms with Crippen molar-refractivity contribution in [3.63, 3.8) is 0 Å². The normalized spacial score (nSPS) is 23.4. The number of sulfonamides is 1. The standard InChI is InChI=1S/C12H17N3O4S/c1-9-8-13-7-6-12(9)14-20(18,19)11-4-2-10(3-5-11)15(16)17/h2-5,9,12-14H,6-8H2,1H3. The summed E-state index contributed by atoms with van der Waals surface area (Å²) >= 11 is 0. The third-order valence-corrected chi connectivity index (χ3v) is 4.96. The Morgan fingerprint density at radius 1 is 1.35 bits per heavy atom. The first kappa shape index (κ1) is 14.9. The number of nitrogens with zero attached hydrogens (tertiary/aromatic N) is 1. The fourth-order valence-corrected chi connectivity index (χ4v) is 3.58. The summed E-state index contributed by atoms with van der Waals surface area (Å²) in [6.07, 6.45) is 0.730. The zero-order valence-corrected chi connectivity index (χ0v) is 11.9. The first-order valence-corrected chi connectivity index (χ1v) is 7.86. The van der Waals surface area contributed by atoms with E-state index in [0.717, 1.165) is 19.5 Å². The number of piperidine rings is 1. The number of nitro groups is 1.